The molecule has 0 heterocycles. The van der Waals surface area contributed by atoms with Gasteiger partial charge in [0.2, 0.25) is 0 Å². The highest BCUT2D eigenvalue weighted by Crippen LogP contribution is 2.10. The van der Waals surface area contributed by atoms with Gasteiger partial charge in [0.15, 0.2) is 0 Å². The van der Waals surface area contributed by atoms with Gasteiger partial charge in [0.25, 0.3) is 0 Å². The molecule has 0 aromatic carbocycles. The van der Waals surface area contributed by atoms with Crippen molar-refractivity contribution in [1.82, 2.24) is 4.98 Å². The minimum atomic E-state index is -1.14. The molecule has 0 saturated heterocycles. The van der Waals surface area contributed by atoms with E-state index in [1.54, 1.807) is 0 Å². The Bertz CT molecular complexity index is 168. The van der Waals surface area contributed by atoms with Crippen LogP contribution in [0.15, 0.2) is 11.8 Å². The summed E-state index contributed by atoms with van der Waals surface area (Å²) < 4.78 is 0. The fourth-order valence-corrected chi connectivity index (χ4v) is 2.57. The van der Waals surface area contributed by atoms with Gasteiger partial charge in [-0.05, 0) is 25.0 Å². The highest BCUT2D eigenvalue weighted by atomic mass is 28.3. The van der Waals surface area contributed by atoms with Crippen molar-refractivity contribution >= 4 is 8.24 Å². The van der Waals surface area contributed by atoms with Crippen LogP contribution in [0.1, 0.15) is 46.0 Å². The van der Waals surface area contributed by atoms with E-state index in [0.29, 0.717) is 0 Å². The molecule has 14 heavy (non-hydrogen) atoms. The summed E-state index contributed by atoms with van der Waals surface area (Å²) in [4.78, 5) is 3.73. The van der Waals surface area contributed by atoms with Crippen molar-refractivity contribution < 1.29 is 0 Å². The van der Waals surface area contributed by atoms with Crippen LogP contribution in [0.5, 0.6) is 0 Å². The Labute approximate surface area is 91.1 Å². The van der Waals surface area contributed by atoms with E-state index in [9.17, 15) is 0 Å². The van der Waals surface area contributed by atoms with Gasteiger partial charge in [-0.15, -0.1) is 0 Å². The average Bonchev–Trinajstić information content (AvgIpc) is 2.07. The first-order valence-electron chi connectivity index (χ1n) is 5.96. The highest BCUT2D eigenvalue weighted by molar-refractivity contribution is 6.74. The number of rotatable bonds is 7. The summed E-state index contributed by atoms with van der Waals surface area (Å²) in [5.74, 6) is 0. The minimum absolute atomic E-state index is 1.14. The lowest BCUT2D eigenvalue weighted by molar-refractivity contribution is 0.755. The van der Waals surface area contributed by atoms with Gasteiger partial charge in [0.1, 0.15) is 8.24 Å². The van der Waals surface area contributed by atoms with E-state index in [1.807, 2.05) is 0 Å². The van der Waals surface area contributed by atoms with Crippen molar-refractivity contribution in [3.63, 3.8) is 0 Å². The molecule has 1 N–H and O–H groups in total. The van der Waals surface area contributed by atoms with Crippen LogP contribution in [-0.4, -0.2) is 8.24 Å². The molecule has 0 aromatic heterocycles. The zero-order valence-electron chi connectivity index (χ0n) is 10.6. The van der Waals surface area contributed by atoms with Crippen molar-refractivity contribution in [2.24, 2.45) is 0 Å². The minimum Gasteiger partial charge on any atom is -0.414 e. The molecule has 0 aliphatic rings. The molecule has 0 radical (unpaired) electrons. The smallest absolute Gasteiger partial charge is 0.143 e. The molecular formula is C12H27NSi. The van der Waals surface area contributed by atoms with Crippen molar-refractivity contribution in [2.45, 2.75) is 65.6 Å². The van der Waals surface area contributed by atoms with Crippen molar-refractivity contribution in [3.8, 4) is 0 Å². The maximum atomic E-state index is 3.73. The molecule has 0 amide bonds. The Balaban J connectivity index is 4.10. The van der Waals surface area contributed by atoms with Gasteiger partial charge < -0.3 is 4.98 Å². The van der Waals surface area contributed by atoms with Gasteiger partial charge in [-0.3, -0.25) is 0 Å². The Morgan fingerprint density at radius 1 is 1.14 bits per heavy atom. The molecular weight excluding hydrogens is 186 g/mol. The Morgan fingerprint density at radius 3 is 2.21 bits per heavy atom. The van der Waals surface area contributed by atoms with Gasteiger partial charge in [-0.1, -0.05) is 52.4 Å². The van der Waals surface area contributed by atoms with Crippen LogP contribution < -0.4 is 4.98 Å². The van der Waals surface area contributed by atoms with Crippen LogP contribution in [0, 0.1) is 0 Å². The maximum Gasteiger partial charge on any atom is 0.143 e. The number of nitrogens with one attached hydrogen (secondary N) is 1. The monoisotopic (exact) mass is 213 g/mol. The SMILES string of the molecule is CCC/C=C(\CCCC)N[Si](C)(C)C. The molecule has 0 aliphatic heterocycles. The first kappa shape index (κ1) is 13.8. The predicted octanol–water partition coefficient (Wildman–Crippen LogP) is 4.29. The zero-order valence-corrected chi connectivity index (χ0v) is 11.6. The standard InChI is InChI=1S/C12H27NSi/c1-6-8-10-12(11-9-7-2)13-14(3,4)5/h10,13H,6-9,11H2,1-5H3/b12-10+. The fourth-order valence-electron chi connectivity index (χ4n) is 1.38. The first-order valence-corrected chi connectivity index (χ1v) is 9.46. The van der Waals surface area contributed by atoms with E-state index in [1.165, 1.54) is 37.8 Å². The number of hydrogen-bond donors (Lipinski definition) is 1. The molecule has 0 atom stereocenters. The second-order valence-corrected chi connectivity index (χ2v) is 9.75. The van der Waals surface area contributed by atoms with Crippen LogP contribution >= 0.6 is 0 Å². The topological polar surface area (TPSA) is 12.0 Å². The Hall–Kier alpha value is -0.243. The summed E-state index contributed by atoms with van der Waals surface area (Å²) in [5, 5.41) is 0. The van der Waals surface area contributed by atoms with Crippen LogP contribution in [0.2, 0.25) is 19.6 Å². The zero-order chi connectivity index (χ0) is 11.0. The molecule has 1 nitrogen and oxygen atoms in total. The highest BCUT2D eigenvalue weighted by Gasteiger charge is 2.13. The third-order valence-electron chi connectivity index (χ3n) is 2.01. The average molecular weight is 213 g/mol. The quantitative estimate of drug-likeness (QED) is 0.622. The van der Waals surface area contributed by atoms with Crippen molar-refractivity contribution in [3.05, 3.63) is 11.8 Å². The van der Waals surface area contributed by atoms with Gasteiger partial charge in [0.05, 0.1) is 0 Å². The molecule has 0 rings (SSSR count). The van der Waals surface area contributed by atoms with E-state index in [4.69, 9.17) is 0 Å². The van der Waals surface area contributed by atoms with E-state index >= 15 is 0 Å². The lowest BCUT2D eigenvalue weighted by Gasteiger charge is -2.22. The normalized spacial score (nSPS) is 13.1. The Morgan fingerprint density at radius 2 is 1.79 bits per heavy atom. The molecule has 0 bridgehead atoms. The molecule has 0 unspecified atom stereocenters. The summed E-state index contributed by atoms with van der Waals surface area (Å²) in [7, 11) is -1.14. The number of hydrogen-bond acceptors (Lipinski definition) is 1. The molecule has 0 aromatic rings. The summed E-state index contributed by atoms with van der Waals surface area (Å²) >= 11 is 0. The van der Waals surface area contributed by atoms with Crippen LogP contribution in [0.4, 0.5) is 0 Å². The van der Waals surface area contributed by atoms with E-state index in [2.05, 4.69) is 44.5 Å². The summed E-state index contributed by atoms with van der Waals surface area (Å²) in [6, 6.07) is 0. The van der Waals surface area contributed by atoms with Crippen LogP contribution in [-0.2, 0) is 0 Å². The Kier molecular flexibility index (Phi) is 6.98. The van der Waals surface area contributed by atoms with Gasteiger partial charge in [-0.2, -0.15) is 0 Å². The van der Waals surface area contributed by atoms with Gasteiger partial charge >= 0.3 is 0 Å². The van der Waals surface area contributed by atoms with Gasteiger partial charge in [-0.25, -0.2) is 0 Å². The largest absolute Gasteiger partial charge is 0.414 e. The van der Waals surface area contributed by atoms with Crippen LogP contribution in [0.3, 0.4) is 0 Å². The van der Waals surface area contributed by atoms with E-state index in [-0.39, 0.29) is 0 Å². The molecule has 0 saturated carbocycles. The second-order valence-electron chi connectivity index (χ2n) is 5.00. The second kappa shape index (κ2) is 7.10. The first-order chi connectivity index (χ1) is 6.49. The van der Waals surface area contributed by atoms with Crippen molar-refractivity contribution in [2.75, 3.05) is 0 Å². The summed E-state index contributed by atoms with van der Waals surface area (Å²) in [6.45, 7) is 11.6. The maximum absolute atomic E-state index is 3.73. The summed E-state index contributed by atoms with van der Waals surface area (Å²) in [6.07, 6.45) is 8.71. The lowest BCUT2D eigenvalue weighted by atomic mass is 10.2. The van der Waals surface area contributed by atoms with Crippen molar-refractivity contribution in [1.29, 1.82) is 0 Å². The molecule has 2 heteroatoms. The number of allylic oxidation sites excluding steroid dienone is 2. The molecule has 84 valence electrons. The molecule has 0 spiro atoms. The lowest BCUT2D eigenvalue weighted by Crippen LogP contribution is -2.40. The fraction of sp³-hybridized carbons (Fsp3) is 0.833. The van der Waals surface area contributed by atoms with E-state index < -0.39 is 8.24 Å². The third-order valence-corrected chi connectivity index (χ3v) is 3.09. The third kappa shape index (κ3) is 8.36. The van der Waals surface area contributed by atoms with Crippen LogP contribution in [0.25, 0.3) is 0 Å². The van der Waals surface area contributed by atoms with E-state index in [0.717, 1.165) is 0 Å². The molecule has 0 aliphatic carbocycles. The number of unbranched alkanes of at least 4 members (excludes halogenated alkanes) is 2. The summed E-state index contributed by atoms with van der Waals surface area (Å²) in [5.41, 5.74) is 1.49. The van der Waals surface area contributed by atoms with Gasteiger partial charge in [0, 0.05) is 0 Å². The molecule has 0 fully saturated rings. The predicted molar refractivity (Wildman–Crippen MR) is 69.0 cm³/mol.